The van der Waals surface area contributed by atoms with Gasteiger partial charge in [-0.25, -0.2) is 0 Å². The summed E-state index contributed by atoms with van der Waals surface area (Å²) in [6.45, 7) is 3.43. The molecule has 1 amide bonds. The van der Waals surface area contributed by atoms with E-state index in [1.807, 2.05) is 37.3 Å². The van der Waals surface area contributed by atoms with Gasteiger partial charge in [-0.2, -0.15) is 0 Å². The number of hydrogen-bond acceptors (Lipinski definition) is 3. The molecule has 1 fully saturated rings. The summed E-state index contributed by atoms with van der Waals surface area (Å²) < 4.78 is 5.31. The maximum absolute atomic E-state index is 12.1. The molecule has 0 unspecified atom stereocenters. The van der Waals surface area contributed by atoms with Crippen molar-refractivity contribution < 1.29 is 9.53 Å². The Balaban J connectivity index is 1.99. The predicted molar refractivity (Wildman–Crippen MR) is 70.0 cm³/mol. The highest BCUT2D eigenvalue weighted by Crippen LogP contribution is 2.21. The molecule has 1 aliphatic heterocycles. The second-order valence-electron chi connectivity index (χ2n) is 5.05. The Morgan fingerprint density at radius 1 is 1.33 bits per heavy atom. The number of nitrogens with one attached hydrogen (secondary N) is 1. The first kappa shape index (κ1) is 13.1. The third kappa shape index (κ3) is 3.09. The van der Waals surface area contributed by atoms with Gasteiger partial charge in [0.2, 0.25) is 5.91 Å². The van der Waals surface area contributed by atoms with E-state index >= 15 is 0 Å². The van der Waals surface area contributed by atoms with Gasteiger partial charge in [-0.05, 0) is 25.3 Å². The fraction of sp³-hybridized carbons (Fsp3) is 0.500. The van der Waals surface area contributed by atoms with E-state index in [1.54, 1.807) is 0 Å². The first-order valence-corrected chi connectivity index (χ1v) is 6.31. The summed E-state index contributed by atoms with van der Waals surface area (Å²) in [5.41, 5.74) is 6.62. The topological polar surface area (TPSA) is 64.4 Å². The second-order valence-corrected chi connectivity index (χ2v) is 5.05. The zero-order valence-electron chi connectivity index (χ0n) is 10.7. The Hall–Kier alpha value is -1.39. The monoisotopic (exact) mass is 248 g/mol. The van der Waals surface area contributed by atoms with Gasteiger partial charge < -0.3 is 15.8 Å². The molecule has 1 aliphatic rings. The van der Waals surface area contributed by atoms with Crippen LogP contribution in [0.1, 0.15) is 31.4 Å². The summed E-state index contributed by atoms with van der Waals surface area (Å²) in [6, 6.07) is 8.82. The molecule has 0 saturated carbocycles. The molecule has 0 radical (unpaired) electrons. The van der Waals surface area contributed by atoms with E-state index in [0.717, 1.165) is 18.4 Å². The highest BCUT2D eigenvalue weighted by atomic mass is 16.5. The zero-order chi connectivity index (χ0) is 13.0. The van der Waals surface area contributed by atoms with Crippen molar-refractivity contribution in [1.29, 1.82) is 0 Å². The Morgan fingerprint density at radius 3 is 2.56 bits per heavy atom. The molecule has 4 nitrogen and oxygen atoms in total. The third-order valence-corrected chi connectivity index (χ3v) is 3.46. The van der Waals surface area contributed by atoms with Gasteiger partial charge in [-0.15, -0.1) is 0 Å². The number of carbonyl (C=O) groups is 1. The fourth-order valence-electron chi connectivity index (χ4n) is 2.13. The molecule has 4 heteroatoms. The van der Waals surface area contributed by atoms with E-state index in [2.05, 4.69) is 5.32 Å². The third-order valence-electron chi connectivity index (χ3n) is 3.46. The number of nitrogens with two attached hydrogens (primary N) is 1. The molecule has 0 aliphatic carbocycles. The number of amides is 1. The zero-order valence-corrected chi connectivity index (χ0v) is 10.7. The van der Waals surface area contributed by atoms with Crippen LogP contribution in [0.4, 0.5) is 0 Å². The molecule has 0 bridgehead atoms. The fourth-order valence-corrected chi connectivity index (χ4v) is 2.13. The number of ether oxygens (including phenoxy) is 1. The van der Waals surface area contributed by atoms with E-state index in [9.17, 15) is 4.79 Å². The highest BCUT2D eigenvalue weighted by Gasteiger charge is 2.30. The van der Waals surface area contributed by atoms with Crippen molar-refractivity contribution in [1.82, 2.24) is 5.32 Å². The summed E-state index contributed by atoms with van der Waals surface area (Å²) in [7, 11) is 0. The minimum Gasteiger partial charge on any atom is -0.381 e. The Bertz CT molecular complexity index is 400. The largest absolute Gasteiger partial charge is 0.381 e. The van der Waals surface area contributed by atoms with Gasteiger partial charge in [0.05, 0.1) is 0 Å². The van der Waals surface area contributed by atoms with Crippen molar-refractivity contribution in [2.45, 2.75) is 31.3 Å². The van der Waals surface area contributed by atoms with Gasteiger partial charge in [0.15, 0.2) is 0 Å². The maximum Gasteiger partial charge on any atom is 0.241 e. The summed E-state index contributed by atoms with van der Waals surface area (Å²) in [6.07, 6.45) is 1.67. The Morgan fingerprint density at radius 2 is 1.94 bits per heavy atom. The van der Waals surface area contributed by atoms with E-state index in [4.69, 9.17) is 10.5 Å². The van der Waals surface area contributed by atoms with Crippen molar-refractivity contribution >= 4 is 5.91 Å². The van der Waals surface area contributed by atoms with Crippen LogP contribution in [0.5, 0.6) is 0 Å². The number of carbonyl (C=O) groups excluding carboxylic acids is 1. The van der Waals surface area contributed by atoms with Crippen LogP contribution in [0.3, 0.4) is 0 Å². The van der Waals surface area contributed by atoms with E-state index in [-0.39, 0.29) is 11.4 Å². The summed E-state index contributed by atoms with van der Waals surface area (Å²) in [5.74, 6) is -0.120. The lowest BCUT2D eigenvalue weighted by molar-refractivity contribution is -0.125. The van der Waals surface area contributed by atoms with Crippen molar-refractivity contribution in [3.63, 3.8) is 0 Å². The van der Waals surface area contributed by atoms with Crippen LogP contribution in [0.15, 0.2) is 30.3 Å². The van der Waals surface area contributed by atoms with Gasteiger partial charge >= 0.3 is 0 Å². The normalized spacial score (nSPS) is 20.1. The van der Waals surface area contributed by atoms with Gasteiger partial charge in [-0.3, -0.25) is 4.79 Å². The first-order chi connectivity index (χ1) is 8.61. The van der Waals surface area contributed by atoms with Crippen LogP contribution in [-0.2, 0) is 9.53 Å². The molecule has 1 saturated heterocycles. The molecule has 18 heavy (non-hydrogen) atoms. The maximum atomic E-state index is 12.1. The molecule has 1 atom stereocenters. The van der Waals surface area contributed by atoms with E-state index in [1.165, 1.54) is 0 Å². The van der Waals surface area contributed by atoms with Crippen LogP contribution in [0.25, 0.3) is 0 Å². The number of hydrogen-bond donors (Lipinski definition) is 2. The average molecular weight is 248 g/mol. The lowest BCUT2D eigenvalue weighted by Gasteiger charge is -2.35. The molecule has 98 valence electrons. The van der Waals surface area contributed by atoms with Crippen LogP contribution in [0.2, 0.25) is 0 Å². The van der Waals surface area contributed by atoms with E-state index in [0.29, 0.717) is 13.2 Å². The van der Waals surface area contributed by atoms with Gasteiger partial charge in [0, 0.05) is 18.8 Å². The summed E-state index contributed by atoms with van der Waals surface area (Å²) in [5, 5.41) is 3.05. The lowest BCUT2D eigenvalue weighted by Crippen LogP contribution is -2.52. The van der Waals surface area contributed by atoms with Crippen LogP contribution in [0, 0.1) is 0 Å². The van der Waals surface area contributed by atoms with Gasteiger partial charge in [0.25, 0.3) is 0 Å². The molecular formula is C14H20N2O2. The van der Waals surface area contributed by atoms with E-state index < -0.39 is 6.04 Å². The smallest absolute Gasteiger partial charge is 0.241 e. The first-order valence-electron chi connectivity index (χ1n) is 6.31. The minimum absolute atomic E-state index is 0.120. The van der Waals surface area contributed by atoms with Crippen molar-refractivity contribution in [3.05, 3.63) is 35.9 Å². The number of rotatable bonds is 3. The molecule has 1 aromatic rings. The Kier molecular flexibility index (Phi) is 3.99. The highest BCUT2D eigenvalue weighted by molar-refractivity contribution is 5.83. The number of benzene rings is 1. The molecule has 3 N–H and O–H groups in total. The molecule has 2 rings (SSSR count). The summed E-state index contributed by atoms with van der Waals surface area (Å²) >= 11 is 0. The van der Waals surface area contributed by atoms with Crippen LogP contribution >= 0.6 is 0 Å². The molecule has 0 spiro atoms. The van der Waals surface area contributed by atoms with Crippen molar-refractivity contribution in [3.8, 4) is 0 Å². The second kappa shape index (κ2) is 5.50. The standard InChI is InChI=1S/C14H20N2O2/c1-14(7-9-18-10-8-14)16-13(17)12(15)11-5-3-2-4-6-11/h2-6,12H,7-10,15H2,1H3,(H,16,17)/t12-/m0/s1. The Labute approximate surface area is 108 Å². The SMILES string of the molecule is CC1(NC(=O)[C@@H](N)c2ccccc2)CCOCC1. The lowest BCUT2D eigenvalue weighted by atomic mass is 9.91. The quantitative estimate of drug-likeness (QED) is 0.849. The van der Waals surface area contributed by atoms with Crippen molar-refractivity contribution in [2.24, 2.45) is 5.73 Å². The van der Waals surface area contributed by atoms with Gasteiger partial charge in [-0.1, -0.05) is 30.3 Å². The molecule has 1 heterocycles. The summed E-state index contributed by atoms with van der Waals surface area (Å²) in [4.78, 5) is 12.1. The molecular weight excluding hydrogens is 228 g/mol. The minimum atomic E-state index is -0.606. The predicted octanol–water partition coefficient (Wildman–Crippen LogP) is 1.37. The van der Waals surface area contributed by atoms with Gasteiger partial charge in [0.1, 0.15) is 6.04 Å². The molecule has 1 aromatic carbocycles. The average Bonchev–Trinajstić information content (AvgIpc) is 2.39. The molecule has 0 aromatic heterocycles. The van der Waals surface area contributed by atoms with Crippen LogP contribution < -0.4 is 11.1 Å². The van der Waals surface area contributed by atoms with Crippen molar-refractivity contribution in [2.75, 3.05) is 13.2 Å². The van der Waals surface area contributed by atoms with Crippen LogP contribution in [-0.4, -0.2) is 24.7 Å².